The van der Waals surface area contributed by atoms with Crippen molar-refractivity contribution < 1.29 is 21.3 Å². The molecular formula is C20H18Zr. The second kappa shape index (κ2) is 5.46. The first-order valence-electron chi connectivity index (χ1n) is 7.59. The van der Waals surface area contributed by atoms with Gasteiger partial charge in [-0.25, -0.2) is 0 Å². The van der Waals surface area contributed by atoms with E-state index >= 15 is 0 Å². The van der Waals surface area contributed by atoms with Crippen LogP contribution in [0.5, 0.6) is 0 Å². The van der Waals surface area contributed by atoms with Gasteiger partial charge in [-0.2, -0.15) is 0 Å². The summed E-state index contributed by atoms with van der Waals surface area (Å²) in [5.41, 5.74) is 6.06. The van der Waals surface area contributed by atoms with Gasteiger partial charge in [0.05, 0.1) is 0 Å². The fourth-order valence-electron chi connectivity index (χ4n) is 3.72. The number of fused-ring (bicyclic) bond motifs is 3. The molecule has 0 heterocycles. The van der Waals surface area contributed by atoms with Crippen molar-refractivity contribution in [1.82, 2.24) is 0 Å². The Morgan fingerprint density at radius 1 is 0.810 bits per heavy atom. The maximum absolute atomic E-state index is 2.58. The minimum atomic E-state index is -1.76. The molecule has 0 fully saturated rings. The quantitative estimate of drug-likeness (QED) is 0.706. The molecule has 0 spiro atoms. The SMILES string of the molecule is C[CH]=[Zr]([CH]1C=CC=C1)[CH]1c2ccccc2-c2ccccc21. The third-order valence-corrected chi connectivity index (χ3v) is 12.3. The number of rotatable bonds is 2. The molecule has 21 heavy (non-hydrogen) atoms. The maximum atomic E-state index is 2.58. The molecule has 0 nitrogen and oxygen atoms in total. The number of hydrogen-bond donors (Lipinski definition) is 0. The zero-order valence-corrected chi connectivity index (χ0v) is 14.6. The molecule has 1 heteroatoms. The molecule has 0 amide bonds. The van der Waals surface area contributed by atoms with Crippen LogP contribution in [0.4, 0.5) is 0 Å². The fraction of sp³-hybridized carbons (Fsp3) is 0.150. The Hall–Kier alpha value is -1.33. The van der Waals surface area contributed by atoms with Crippen molar-refractivity contribution in [2.45, 2.75) is 14.2 Å². The van der Waals surface area contributed by atoms with Crippen molar-refractivity contribution in [3.05, 3.63) is 84.0 Å². The Morgan fingerprint density at radius 3 is 1.86 bits per heavy atom. The van der Waals surface area contributed by atoms with E-state index in [1.807, 2.05) is 0 Å². The molecule has 0 aliphatic heterocycles. The molecule has 4 rings (SSSR count). The van der Waals surface area contributed by atoms with Gasteiger partial charge >= 0.3 is 134 Å². The molecule has 2 aromatic carbocycles. The summed E-state index contributed by atoms with van der Waals surface area (Å²) in [6, 6.07) is 18.1. The van der Waals surface area contributed by atoms with Gasteiger partial charge in [-0.05, 0) is 0 Å². The average Bonchev–Trinajstić information content (AvgIpc) is 3.16. The van der Waals surface area contributed by atoms with E-state index in [0.29, 0.717) is 7.25 Å². The standard InChI is InChI=1S/C13H9.C5H5.C2H4.Zr/c1-3-7-12-10(5-1)9-11-6-2-4-8-13(11)12;1-2-4-5-3-1;1-2;/h1-9H;1-5H;1H,2H3;. The number of hydrogen-bond acceptors (Lipinski definition) is 0. The molecule has 0 radical (unpaired) electrons. The van der Waals surface area contributed by atoms with E-state index in [4.69, 9.17) is 0 Å². The van der Waals surface area contributed by atoms with E-state index in [0.717, 1.165) is 0 Å². The van der Waals surface area contributed by atoms with Crippen LogP contribution in [-0.2, 0) is 21.3 Å². The van der Waals surface area contributed by atoms with Crippen LogP contribution < -0.4 is 0 Å². The van der Waals surface area contributed by atoms with E-state index in [1.165, 1.54) is 11.1 Å². The average molecular weight is 350 g/mol. The topological polar surface area (TPSA) is 0 Å². The van der Waals surface area contributed by atoms with Gasteiger partial charge in [-0.3, -0.25) is 0 Å². The van der Waals surface area contributed by atoms with Crippen molar-refractivity contribution in [2.24, 2.45) is 0 Å². The molecule has 0 aromatic heterocycles. The van der Waals surface area contributed by atoms with Crippen LogP contribution in [0.15, 0.2) is 72.8 Å². The molecule has 0 unspecified atom stereocenters. The van der Waals surface area contributed by atoms with Crippen molar-refractivity contribution in [3.63, 3.8) is 0 Å². The minimum absolute atomic E-state index is 0.669. The first-order valence-corrected chi connectivity index (χ1v) is 11.8. The molecule has 2 aromatic rings. The number of allylic oxidation sites excluding steroid dienone is 4. The second-order valence-corrected chi connectivity index (χ2v) is 12.6. The third-order valence-electron chi connectivity index (χ3n) is 4.63. The summed E-state index contributed by atoms with van der Waals surface area (Å²) in [6.07, 6.45) is 9.28. The van der Waals surface area contributed by atoms with Gasteiger partial charge in [-0.1, -0.05) is 0 Å². The molecule has 0 N–H and O–H groups in total. The Morgan fingerprint density at radius 2 is 1.33 bits per heavy atom. The molecule has 2 aliphatic carbocycles. The van der Waals surface area contributed by atoms with Gasteiger partial charge < -0.3 is 0 Å². The van der Waals surface area contributed by atoms with Crippen LogP contribution in [0.25, 0.3) is 11.1 Å². The Bertz CT molecular complexity index is 722. The van der Waals surface area contributed by atoms with Gasteiger partial charge in [0, 0.05) is 0 Å². The Labute approximate surface area is 134 Å². The van der Waals surface area contributed by atoms with Crippen LogP contribution in [-0.4, -0.2) is 3.71 Å². The molecule has 102 valence electrons. The van der Waals surface area contributed by atoms with E-state index in [-0.39, 0.29) is 0 Å². The summed E-state index contributed by atoms with van der Waals surface area (Å²) in [4.78, 5) is 0. The summed E-state index contributed by atoms with van der Waals surface area (Å²) in [5.74, 6) is 0. The Kier molecular flexibility index (Phi) is 3.47. The number of benzene rings is 2. The molecule has 0 saturated carbocycles. The zero-order chi connectivity index (χ0) is 14.2. The summed E-state index contributed by atoms with van der Waals surface area (Å²) >= 11 is -1.76. The van der Waals surface area contributed by atoms with Crippen LogP contribution >= 0.6 is 0 Å². The molecule has 0 saturated heterocycles. The first kappa shape index (κ1) is 13.3. The van der Waals surface area contributed by atoms with Crippen LogP contribution in [0, 0.1) is 0 Å². The second-order valence-electron chi connectivity index (χ2n) is 5.69. The van der Waals surface area contributed by atoms with Crippen molar-refractivity contribution in [3.8, 4) is 11.1 Å². The van der Waals surface area contributed by atoms with Gasteiger partial charge in [0.25, 0.3) is 0 Å². The van der Waals surface area contributed by atoms with Crippen LogP contribution in [0.1, 0.15) is 21.7 Å². The summed E-state index contributed by atoms with van der Waals surface area (Å²) in [7, 11) is 0. The normalized spacial score (nSPS) is 17.3. The summed E-state index contributed by atoms with van der Waals surface area (Å²) in [6.45, 7) is 2.29. The third kappa shape index (κ3) is 2.10. The van der Waals surface area contributed by atoms with E-state index in [9.17, 15) is 0 Å². The van der Waals surface area contributed by atoms with Crippen molar-refractivity contribution in [2.75, 3.05) is 0 Å². The van der Waals surface area contributed by atoms with Crippen molar-refractivity contribution >= 4 is 3.71 Å². The zero-order valence-electron chi connectivity index (χ0n) is 12.2. The van der Waals surface area contributed by atoms with Gasteiger partial charge in [-0.15, -0.1) is 0 Å². The predicted molar refractivity (Wildman–Crippen MR) is 87.5 cm³/mol. The Balaban J connectivity index is 1.92. The van der Waals surface area contributed by atoms with E-state index in [2.05, 4.69) is 83.5 Å². The molecular weight excluding hydrogens is 331 g/mol. The van der Waals surface area contributed by atoms with E-state index < -0.39 is 21.3 Å². The van der Waals surface area contributed by atoms with Gasteiger partial charge in [0.1, 0.15) is 0 Å². The monoisotopic (exact) mass is 348 g/mol. The van der Waals surface area contributed by atoms with Gasteiger partial charge in [0.15, 0.2) is 0 Å². The summed E-state index contributed by atoms with van der Waals surface area (Å²) in [5, 5.41) is 0. The van der Waals surface area contributed by atoms with Crippen molar-refractivity contribution in [1.29, 1.82) is 0 Å². The molecule has 0 atom stereocenters. The fourth-order valence-corrected chi connectivity index (χ4v) is 11.1. The van der Waals surface area contributed by atoms with E-state index in [1.54, 1.807) is 11.1 Å². The van der Waals surface area contributed by atoms with Crippen LogP contribution in [0.2, 0.25) is 3.63 Å². The first-order chi connectivity index (χ1) is 10.4. The van der Waals surface area contributed by atoms with Gasteiger partial charge in [0.2, 0.25) is 0 Å². The molecule has 2 aliphatic rings. The molecule has 0 bridgehead atoms. The summed E-state index contributed by atoms with van der Waals surface area (Å²) < 4.78 is 3.96. The van der Waals surface area contributed by atoms with Crippen LogP contribution in [0.3, 0.4) is 0 Å². The predicted octanol–water partition coefficient (Wildman–Crippen LogP) is 5.11.